The Balaban J connectivity index is 0.000000160. The number of aryl methyl sites for hydroxylation is 1. The van der Waals surface area contributed by atoms with Crippen molar-refractivity contribution < 1.29 is 14.8 Å². The molecule has 39 heavy (non-hydrogen) atoms. The number of nitro groups is 3. The van der Waals surface area contributed by atoms with Gasteiger partial charge in [0.2, 0.25) is 0 Å². The van der Waals surface area contributed by atoms with E-state index < -0.39 is 9.85 Å². The van der Waals surface area contributed by atoms with Crippen LogP contribution in [0.15, 0.2) is 54.6 Å². The highest BCUT2D eigenvalue weighted by Crippen LogP contribution is 2.45. The van der Waals surface area contributed by atoms with Crippen molar-refractivity contribution in [1.29, 1.82) is 0 Å². The molecule has 4 aromatic rings. The van der Waals surface area contributed by atoms with Crippen LogP contribution in [-0.2, 0) is 6.42 Å². The number of anilines is 1. The van der Waals surface area contributed by atoms with Crippen LogP contribution in [-0.4, -0.2) is 33.1 Å². The second kappa shape index (κ2) is 10.6. The Morgan fingerprint density at radius 2 is 1.38 bits per heavy atom. The largest absolute Gasteiger partial charge is 0.384 e. The van der Waals surface area contributed by atoms with Crippen LogP contribution in [0.2, 0.25) is 0 Å². The minimum absolute atomic E-state index is 0.0213. The van der Waals surface area contributed by atoms with Crippen LogP contribution in [0.25, 0.3) is 21.5 Å². The van der Waals surface area contributed by atoms with E-state index in [0.717, 1.165) is 34.7 Å². The average Bonchev–Trinajstić information content (AvgIpc) is 3.55. The molecule has 0 bridgehead atoms. The Bertz CT molecular complexity index is 1660. The maximum absolute atomic E-state index is 11.3. The van der Waals surface area contributed by atoms with E-state index in [2.05, 4.69) is 5.32 Å². The maximum atomic E-state index is 11.3. The fourth-order valence-electron chi connectivity index (χ4n) is 5.72. The van der Waals surface area contributed by atoms with E-state index in [0.29, 0.717) is 35.3 Å². The Kier molecular flexibility index (Phi) is 7.24. The van der Waals surface area contributed by atoms with Gasteiger partial charge in [-0.3, -0.25) is 30.3 Å². The van der Waals surface area contributed by atoms with E-state index in [-0.39, 0.29) is 33.3 Å². The van der Waals surface area contributed by atoms with Crippen molar-refractivity contribution >= 4 is 67.5 Å². The molecule has 0 spiro atoms. The normalized spacial score (nSPS) is 17.2. The van der Waals surface area contributed by atoms with Gasteiger partial charge in [0.1, 0.15) is 5.39 Å². The number of halogens is 2. The number of nitrogens with zero attached hydrogens (tertiary/aromatic N) is 3. The molecule has 1 heterocycles. The zero-order chi connectivity index (χ0) is 27.8. The van der Waals surface area contributed by atoms with Crippen molar-refractivity contribution in [3.05, 3.63) is 102 Å². The summed E-state index contributed by atoms with van der Waals surface area (Å²) in [5.74, 6) is 1.23. The lowest BCUT2D eigenvalue weighted by Gasteiger charge is -2.11. The van der Waals surface area contributed by atoms with Gasteiger partial charge < -0.3 is 5.32 Å². The number of hydrogen-bond acceptors (Lipinski definition) is 7. The van der Waals surface area contributed by atoms with Gasteiger partial charge >= 0.3 is 0 Å². The first-order valence-corrected chi connectivity index (χ1v) is 13.3. The van der Waals surface area contributed by atoms with Crippen molar-refractivity contribution in [3.63, 3.8) is 0 Å². The monoisotopic (exact) mass is 568 g/mol. The first-order chi connectivity index (χ1) is 18.8. The summed E-state index contributed by atoms with van der Waals surface area (Å²) in [5, 5.41) is 39.0. The molecule has 2 atom stereocenters. The Hall–Kier alpha value is -4.02. The Morgan fingerprint density at radius 3 is 2.03 bits per heavy atom. The molecule has 200 valence electrons. The van der Waals surface area contributed by atoms with E-state index in [4.69, 9.17) is 23.2 Å². The standard InChI is InChI=1S/C14H12ClNO2.C13H10ClN3O4/c15-8-10-6-5-9-7-13(16(17)18)11-3-1-2-4-12(11)14(9)10;14-5-7-6-15-9-4-11(17(20)21)13-8(12(7)9)2-1-3-10(13)16(18)19/h1-4,7,10H,5-6,8H2;1-4,7,15H,5-6H2. The smallest absolute Gasteiger partial charge is 0.286 e. The molecule has 0 saturated carbocycles. The number of hydrogen-bond donors (Lipinski definition) is 1. The lowest BCUT2D eigenvalue weighted by molar-refractivity contribution is -0.390. The van der Waals surface area contributed by atoms with Crippen molar-refractivity contribution in [2.24, 2.45) is 0 Å². The van der Waals surface area contributed by atoms with E-state index in [9.17, 15) is 30.3 Å². The number of nitro benzene ring substituents is 3. The summed E-state index contributed by atoms with van der Waals surface area (Å²) in [5.41, 5.74) is 3.42. The number of alkyl halides is 2. The number of non-ortho nitro benzene ring substituents is 3. The summed E-state index contributed by atoms with van der Waals surface area (Å²) >= 11 is 11.9. The molecule has 0 aromatic heterocycles. The van der Waals surface area contributed by atoms with Crippen LogP contribution < -0.4 is 5.32 Å². The third-order valence-corrected chi connectivity index (χ3v) is 8.14. The van der Waals surface area contributed by atoms with Gasteiger partial charge in [-0.05, 0) is 46.9 Å². The molecule has 1 N–H and O–H groups in total. The molecular formula is C27H22Cl2N4O6. The van der Waals surface area contributed by atoms with Gasteiger partial charge in [-0.2, -0.15) is 0 Å². The highest BCUT2D eigenvalue weighted by Gasteiger charge is 2.32. The van der Waals surface area contributed by atoms with Gasteiger partial charge in [0.15, 0.2) is 0 Å². The lowest BCUT2D eigenvalue weighted by Crippen LogP contribution is -2.03. The van der Waals surface area contributed by atoms with Crippen LogP contribution in [0, 0.1) is 30.3 Å². The fraction of sp³-hybridized carbons (Fsp3) is 0.259. The first kappa shape index (κ1) is 26.6. The lowest BCUT2D eigenvalue weighted by atomic mass is 9.94. The molecule has 2 unspecified atom stereocenters. The second-order valence-electron chi connectivity index (χ2n) is 9.46. The highest BCUT2D eigenvalue weighted by atomic mass is 35.5. The third-order valence-electron chi connectivity index (χ3n) is 7.39. The van der Waals surface area contributed by atoms with Crippen LogP contribution in [0.1, 0.15) is 34.9 Å². The van der Waals surface area contributed by atoms with Crippen LogP contribution >= 0.6 is 23.2 Å². The molecule has 0 fully saturated rings. The van der Waals surface area contributed by atoms with Gasteiger partial charge in [-0.15, -0.1) is 23.2 Å². The third kappa shape index (κ3) is 4.59. The van der Waals surface area contributed by atoms with Gasteiger partial charge in [0.05, 0.1) is 20.2 Å². The van der Waals surface area contributed by atoms with Crippen LogP contribution in [0.5, 0.6) is 0 Å². The molecule has 1 aliphatic carbocycles. The minimum atomic E-state index is -0.597. The summed E-state index contributed by atoms with van der Waals surface area (Å²) in [4.78, 5) is 32.1. The van der Waals surface area contributed by atoms with Crippen molar-refractivity contribution in [3.8, 4) is 0 Å². The molecule has 4 aromatic carbocycles. The molecule has 0 amide bonds. The molecular weight excluding hydrogens is 547 g/mol. The van der Waals surface area contributed by atoms with Gasteiger partial charge in [0.25, 0.3) is 17.1 Å². The molecule has 1 aliphatic heterocycles. The molecule has 0 radical (unpaired) electrons. The minimum Gasteiger partial charge on any atom is -0.384 e. The summed E-state index contributed by atoms with van der Waals surface area (Å²) in [6, 6.07) is 15.1. The molecule has 6 rings (SSSR count). The summed E-state index contributed by atoms with van der Waals surface area (Å²) < 4.78 is 0. The first-order valence-electron chi connectivity index (χ1n) is 12.2. The quantitative estimate of drug-likeness (QED) is 0.150. The average molecular weight is 569 g/mol. The van der Waals surface area contributed by atoms with E-state index in [1.807, 2.05) is 24.3 Å². The predicted octanol–water partition coefficient (Wildman–Crippen LogP) is 7.42. The molecule has 12 heteroatoms. The molecule has 2 aliphatic rings. The van der Waals surface area contributed by atoms with Crippen LogP contribution in [0.3, 0.4) is 0 Å². The van der Waals surface area contributed by atoms with Gasteiger partial charge in [0, 0.05) is 53.5 Å². The number of benzene rings is 4. The maximum Gasteiger partial charge on any atom is 0.286 e. The van der Waals surface area contributed by atoms with Crippen LogP contribution in [0.4, 0.5) is 22.7 Å². The summed E-state index contributed by atoms with van der Waals surface area (Å²) in [7, 11) is 0. The summed E-state index contributed by atoms with van der Waals surface area (Å²) in [6.45, 7) is 0.567. The predicted molar refractivity (Wildman–Crippen MR) is 152 cm³/mol. The Labute approximate surface area is 232 Å². The second-order valence-corrected chi connectivity index (χ2v) is 10.1. The zero-order valence-corrected chi connectivity index (χ0v) is 21.9. The summed E-state index contributed by atoms with van der Waals surface area (Å²) in [6.07, 6.45) is 1.88. The number of fused-ring (bicyclic) bond motifs is 6. The van der Waals surface area contributed by atoms with E-state index in [1.54, 1.807) is 12.1 Å². The Morgan fingerprint density at radius 1 is 0.744 bits per heavy atom. The van der Waals surface area contributed by atoms with Crippen molar-refractivity contribution in [2.45, 2.75) is 24.7 Å². The van der Waals surface area contributed by atoms with E-state index >= 15 is 0 Å². The van der Waals surface area contributed by atoms with Gasteiger partial charge in [-0.1, -0.05) is 30.3 Å². The SMILES string of the molecule is O=[N+]([O-])c1cc2c(c3ccccc13)C(CCl)CC2.O=[N+]([O-])c1cccc2c3c(cc([N+](=O)[O-])c12)NCC3CCl. The van der Waals surface area contributed by atoms with Crippen molar-refractivity contribution in [1.82, 2.24) is 0 Å². The number of nitrogens with one attached hydrogen (secondary N) is 1. The fourth-order valence-corrected chi connectivity index (χ4v) is 6.29. The van der Waals surface area contributed by atoms with Gasteiger partial charge in [-0.25, -0.2) is 0 Å². The molecule has 10 nitrogen and oxygen atoms in total. The van der Waals surface area contributed by atoms with Crippen molar-refractivity contribution in [2.75, 3.05) is 23.6 Å². The molecule has 0 saturated heterocycles. The van der Waals surface area contributed by atoms with E-state index in [1.165, 1.54) is 23.8 Å². The zero-order valence-electron chi connectivity index (χ0n) is 20.4. The topological polar surface area (TPSA) is 141 Å². The highest BCUT2D eigenvalue weighted by molar-refractivity contribution is 6.19. The number of rotatable bonds is 5.